The Balaban J connectivity index is 2.47. The summed E-state index contributed by atoms with van der Waals surface area (Å²) in [5.74, 6) is 2.08. The largest absolute Gasteiger partial charge is 0.496 e. The predicted molar refractivity (Wildman–Crippen MR) is 80.9 cm³/mol. The molecule has 0 fully saturated rings. The molecule has 0 atom stereocenters. The monoisotopic (exact) mass is 283 g/mol. The molecule has 0 N–H and O–H groups in total. The number of rotatable bonds is 5. The van der Waals surface area contributed by atoms with E-state index in [-0.39, 0.29) is 0 Å². The maximum atomic E-state index is 8.91. The van der Waals surface area contributed by atoms with Crippen molar-refractivity contribution in [2.45, 2.75) is 6.42 Å². The van der Waals surface area contributed by atoms with E-state index in [1.807, 2.05) is 36.4 Å². The van der Waals surface area contributed by atoms with E-state index < -0.39 is 0 Å². The molecule has 0 heterocycles. The Morgan fingerprint density at radius 1 is 0.810 bits per heavy atom. The first-order chi connectivity index (χ1) is 10.2. The number of hydrogen-bond donors (Lipinski definition) is 0. The molecular weight excluding hydrogens is 266 g/mol. The van der Waals surface area contributed by atoms with Gasteiger partial charge in [-0.2, -0.15) is 5.26 Å². The summed E-state index contributed by atoms with van der Waals surface area (Å²) in [5.41, 5.74) is 2.86. The van der Waals surface area contributed by atoms with E-state index in [9.17, 15) is 0 Å². The highest BCUT2D eigenvalue weighted by molar-refractivity contribution is 5.69. The number of hydrogen-bond acceptors (Lipinski definition) is 4. The second kappa shape index (κ2) is 6.67. The third kappa shape index (κ3) is 3.09. The summed E-state index contributed by atoms with van der Waals surface area (Å²) in [7, 11) is 4.82. The van der Waals surface area contributed by atoms with Crippen molar-refractivity contribution in [2.24, 2.45) is 0 Å². The van der Waals surface area contributed by atoms with Gasteiger partial charge in [-0.3, -0.25) is 0 Å². The van der Waals surface area contributed by atoms with E-state index in [4.69, 9.17) is 19.5 Å². The quantitative estimate of drug-likeness (QED) is 0.843. The molecule has 4 heteroatoms. The highest BCUT2D eigenvalue weighted by Gasteiger charge is 2.09. The Morgan fingerprint density at radius 2 is 1.38 bits per heavy atom. The van der Waals surface area contributed by atoms with Crippen molar-refractivity contribution < 1.29 is 14.2 Å². The summed E-state index contributed by atoms with van der Waals surface area (Å²) in [6.45, 7) is 0. The fourth-order valence-electron chi connectivity index (χ4n) is 2.20. The van der Waals surface area contributed by atoms with Crippen molar-refractivity contribution in [3.63, 3.8) is 0 Å². The van der Waals surface area contributed by atoms with E-state index in [0.717, 1.165) is 22.4 Å². The fourth-order valence-corrected chi connectivity index (χ4v) is 2.20. The molecule has 2 rings (SSSR count). The van der Waals surface area contributed by atoms with Gasteiger partial charge in [-0.15, -0.1) is 0 Å². The standard InChI is InChI=1S/C17H17NO3/c1-19-15-6-4-12(10-14(15)8-9-18)13-5-7-16(20-2)17(11-13)21-3/h4-7,10-11H,8H2,1-3H3. The Bertz CT molecular complexity index is 674. The topological polar surface area (TPSA) is 51.5 Å². The summed E-state index contributed by atoms with van der Waals surface area (Å²) < 4.78 is 15.8. The molecule has 2 aromatic carbocycles. The van der Waals surface area contributed by atoms with Crippen LogP contribution in [0.2, 0.25) is 0 Å². The highest BCUT2D eigenvalue weighted by Crippen LogP contribution is 2.34. The molecule has 0 spiro atoms. The summed E-state index contributed by atoms with van der Waals surface area (Å²) in [4.78, 5) is 0. The van der Waals surface area contributed by atoms with Crippen LogP contribution in [-0.4, -0.2) is 21.3 Å². The van der Waals surface area contributed by atoms with Crippen molar-refractivity contribution >= 4 is 0 Å². The zero-order valence-electron chi connectivity index (χ0n) is 12.3. The smallest absolute Gasteiger partial charge is 0.161 e. The number of nitrogens with zero attached hydrogens (tertiary/aromatic N) is 1. The molecule has 0 saturated heterocycles. The lowest BCUT2D eigenvalue weighted by atomic mass is 10.0. The lowest BCUT2D eigenvalue weighted by Crippen LogP contribution is -1.93. The second-order valence-corrected chi connectivity index (χ2v) is 4.43. The third-order valence-corrected chi connectivity index (χ3v) is 3.27. The fraction of sp³-hybridized carbons (Fsp3) is 0.235. The van der Waals surface area contributed by atoms with Crippen LogP contribution in [0.15, 0.2) is 36.4 Å². The molecule has 2 aromatic rings. The van der Waals surface area contributed by atoms with Crippen LogP contribution in [-0.2, 0) is 6.42 Å². The zero-order chi connectivity index (χ0) is 15.2. The van der Waals surface area contributed by atoms with Crippen LogP contribution >= 0.6 is 0 Å². The second-order valence-electron chi connectivity index (χ2n) is 4.43. The van der Waals surface area contributed by atoms with Crippen LogP contribution in [0.5, 0.6) is 17.2 Å². The van der Waals surface area contributed by atoms with Gasteiger partial charge in [0.2, 0.25) is 0 Å². The van der Waals surface area contributed by atoms with Crippen molar-refractivity contribution in [3.05, 3.63) is 42.0 Å². The van der Waals surface area contributed by atoms with Crippen LogP contribution in [0.4, 0.5) is 0 Å². The minimum atomic E-state index is 0.310. The van der Waals surface area contributed by atoms with E-state index >= 15 is 0 Å². The Hall–Kier alpha value is -2.67. The van der Waals surface area contributed by atoms with Crippen LogP contribution in [0.25, 0.3) is 11.1 Å². The molecule has 0 unspecified atom stereocenters. The minimum absolute atomic E-state index is 0.310. The first kappa shape index (κ1) is 14.7. The van der Waals surface area contributed by atoms with Gasteiger partial charge in [-0.1, -0.05) is 12.1 Å². The van der Waals surface area contributed by atoms with E-state index in [2.05, 4.69) is 6.07 Å². The SMILES string of the molecule is COc1ccc(-c2ccc(OC)c(OC)c2)cc1CC#N. The molecule has 0 aliphatic heterocycles. The predicted octanol–water partition coefficient (Wildman–Crippen LogP) is 3.45. The van der Waals surface area contributed by atoms with E-state index in [1.165, 1.54) is 0 Å². The van der Waals surface area contributed by atoms with E-state index in [1.54, 1.807) is 21.3 Å². The molecule has 21 heavy (non-hydrogen) atoms. The van der Waals surface area contributed by atoms with Crippen molar-refractivity contribution in [3.8, 4) is 34.4 Å². The van der Waals surface area contributed by atoms with Crippen LogP contribution in [0, 0.1) is 11.3 Å². The Labute approximate surface area is 124 Å². The van der Waals surface area contributed by atoms with Crippen LogP contribution < -0.4 is 14.2 Å². The molecule has 0 bridgehead atoms. The van der Waals surface area contributed by atoms with E-state index in [0.29, 0.717) is 17.9 Å². The van der Waals surface area contributed by atoms with Gasteiger partial charge in [0.15, 0.2) is 11.5 Å². The molecule has 4 nitrogen and oxygen atoms in total. The number of benzene rings is 2. The molecule has 0 radical (unpaired) electrons. The van der Waals surface area contributed by atoms with Gasteiger partial charge in [0, 0.05) is 5.56 Å². The van der Waals surface area contributed by atoms with Gasteiger partial charge in [0.25, 0.3) is 0 Å². The molecule has 0 aromatic heterocycles. The molecule has 0 aliphatic rings. The number of methoxy groups -OCH3 is 3. The van der Waals surface area contributed by atoms with Gasteiger partial charge in [-0.05, 0) is 35.4 Å². The lowest BCUT2D eigenvalue weighted by Gasteiger charge is -2.12. The molecule has 0 amide bonds. The summed E-state index contributed by atoms with van der Waals surface area (Å²) in [5, 5.41) is 8.91. The summed E-state index contributed by atoms with van der Waals surface area (Å²) in [6.07, 6.45) is 0.310. The Kier molecular flexibility index (Phi) is 4.68. The van der Waals surface area contributed by atoms with Gasteiger partial charge in [0.1, 0.15) is 5.75 Å². The Morgan fingerprint density at radius 3 is 1.95 bits per heavy atom. The first-order valence-electron chi connectivity index (χ1n) is 6.49. The summed E-state index contributed by atoms with van der Waals surface area (Å²) >= 11 is 0. The lowest BCUT2D eigenvalue weighted by molar-refractivity contribution is 0.355. The van der Waals surface area contributed by atoms with Gasteiger partial charge in [-0.25, -0.2) is 0 Å². The maximum absolute atomic E-state index is 8.91. The maximum Gasteiger partial charge on any atom is 0.161 e. The van der Waals surface area contributed by atoms with Gasteiger partial charge >= 0.3 is 0 Å². The molecule has 0 aliphatic carbocycles. The van der Waals surface area contributed by atoms with Crippen LogP contribution in [0.1, 0.15) is 5.56 Å². The average Bonchev–Trinajstić information content (AvgIpc) is 2.54. The minimum Gasteiger partial charge on any atom is -0.496 e. The number of nitriles is 1. The summed E-state index contributed by atoms with van der Waals surface area (Å²) in [6, 6.07) is 13.7. The third-order valence-electron chi connectivity index (χ3n) is 3.27. The van der Waals surface area contributed by atoms with Gasteiger partial charge in [0.05, 0.1) is 33.8 Å². The molecular formula is C17H17NO3. The van der Waals surface area contributed by atoms with Crippen molar-refractivity contribution in [1.82, 2.24) is 0 Å². The van der Waals surface area contributed by atoms with Gasteiger partial charge < -0.3 is 14.2 Å². The van der Waals surface area contributed by atoms with Crippen LogP contribution in [0.3, 0.4) is 0 Å². The average molecular weight is 283 g/mol. The molecule has 108 valence electrons. The first-order valence-corrected chi connectivity index (χ1v) is 6.49. The number of ether oxygens (including phenoxy) is 3. The van der Waals surface area contributed by atoms with Crippen molar-refractivity contribution in [1.29, 1.82) is 5.26 Å². The van der Waals surface area contributed by atoms with Crippen molar-refractivity contribution in [2.75, 3.05) is 21.3 Å². The normalized spacial score (nSPS) is 9.81. The zero-order valence-corrected chi connectivity index (χ0v) is 12.3. The highest BCUT2D eigenvalue weighted by atomic mass is 16.5. The molecule has 0 saturated carbocycles.